The Balaban J connectivity index is 3.97. The van der Waals surface area contributed by atoms with Gasteiger partial charge in [-0.2, -0.15) is 0 Å². The first kappa shape index (κ1) is 76.4. The molecule has 0 spiro atoms. The van der Waals surface area contributed by atoms with Crippen LogP contribution in [0.25, 0.3) is 0 Å². The van der Waals surface area contributed by atoms with E-state index in [2.05, 4.69) is 135 Å². The van der Waals surface area contributed by atoms with E-state index in [9.17, 15) is 19.0 Å². The standard InChI is InChI=1S/C70H120NO8P/c1-6-8-10-12-14-16-18-20-22-23-24-25-26-27-28-29-30-31-32-33-34-35-36-37-38-39-40-41-42-43-44-45-46-47-49-51-53-55-57-59-61-63-70(73)79-68(67-78-80(74,75)77-65-64-71(3,4)5)66-76-69(72)62-60-58-56-54-52-50-48-21-19-17-15-13-11-9-7-2/h8-11,14-17,20-22,24-25,27-28,30-31,33-34,48,68H,6-7,12-13,18-19,23,26,29,32,35-47,49-67H2,1-5H3/p+1/b10-8-,11-9-,16-14-,17-15-,22-20-,25-24-,28-27-,31-30-,34-33-,48-21-. The van der Waals surface area contributed by atoms with E-state index < -0.39 is 26.5 Å². The fraction of sp³-hybridized carbons (Fsp3) is 0.686. The fourth-order valence-corrected chi connectivity index (χ4v) is 9.34. The van der Waals surface area contributed by atoms with Gasteiger partial charge in [0.25, 0.3) is 0 Å². The molecule has 0 heterocycles. The van der Waals surface area contributed by atoms with E-state index in [4.69, 9.17) is 18.5 Å². The molecule has 9 nitrogen and oxygen atoms in total. The smallest absolute Gasteiger partial charge is 0.462 e. The van der Waals surface area contributed by atoms with Crippen molar-refractivity contribution in [1.82, 2.24) is 0 Å². The van der Waals surface area contributed by atoms with Gasteiger partial charge in [-0.1, -0.05) is 264 Å². The Morgan fingerprint density at radius 1 is 0.388 bits per heavy atom. The predicted molar refractivity (Wildman–Crippen MR) is 344 cm³/mol. The van der Waals surface area contributed by atoms with Gasteiger partial charge in [-0.15, -0.1) is 0 Å². The summed E-state index contributed by atoms with van der Waals surface area (Å²) in [5, 5.41) is 0. The molecule has 0 bridgehead atoms. The summed E-state index contributed by atoms with van der Waals surface area (Å²) < 4.78 is 34.6. The summed E-state index contributed by atoms with van der Waals surface area (Å²) in [7, 11) is 1.46. The number of hydrogen-bond acceptors (Lipinski definition) is 7. The van der Waals surface area contributed by atoms with Crippen molar-refractivity contribution in [3.8, 4) is 0 Å². The number of hydrogen-bond donors (Lipinski definition) is 1. The number of carbonyl (C=O) groups excluding carboxylic acids is 2. The van der Waals surface area contributed by atoms with Gasteiger partial charge in [0.2, 0.25) is 0 Å². The number of likely N-dealkylation sites (N-methyl/N-ethyl adjacent to an activating group) is 1. The number of carbonyl (C=O) groups is 2. The molecule has 0 aliphatic carbocycles. The minimum absolute atomic E-state index is 0.0252. The largest absolute Gasteiger partial charge is 0.472 e. The highest BCUT2D eigenvalue weighted by Crippen LogP contribution is 2.43. The Labute approximate surface area is 492 Å². The van der Waals surface area contributed by atoms with Crippen molar-refractivity contribution in [1.29, 1.82) is 0 Å². The van der Waals surface area contributed by atoms with E-state index >= 15 is 0 Å². The van der Waals surface area contributed by atoms with Crippen LogP contribution in [0, 0.1) is 0 Å². The van der Waals surface area contributed by atoms with E-state index in [-0.39, 0.29) is 32.0 Å². The molecular weight excluding hydrogens is 1010 g/mol. The lowest BCUT2D eigenvalue weighted by Crippen LogP contribution is -2.37. The zero-order valence-electron chi connectivity index (χ0n) is 52.0. The van der Waals surface area contributed by atoms with E-state index in [1.54, 1.807) is 0 Å². The van der Waals surface area contributed by atoms with Crippen LogP contribution in [0.4, 0.5) is 0 Å². The quantitative estimate of drug-likeness (QED) is 0.0211. The first-order chi connectivity index (χ1) is 39.0. The normalized spacial score (nSPS) is 14.0. The Morgan fingerprint density at radius 2 is 0.675 bits per heavy atom. The zero-order valence-corrected chi connectivity index (χ0v) is 52.9. The van der Waals surface area contributed by atoms with Gasteiger partial charge >= 0.3 is 19.8 Å². The molecule has 0 fully saturated rings. The lowest BCUT2D eigenvalue weighted by Gasteiger charge is -2.24. The molecular formula is C70H121NO8P+. The molecule has 0 saturated carbocycles. The first-order valence-corrected chi connectivity index (χ1v) is 33.8. The predicted octanol–water partition coefficient (Wildman–Crippen LogP) is 20.7. The van der Waals surface area contributed by atoms with Crippen molar-refractivity contribution in [2.45, 2.75) is 264 Å². The van der Waals surface area contributed by atoms with E-state index in [0.717, 1.165) is 116 Å². The topological polar surface area (TPSA) is 108 Å². The average molecular weight is 1140 g/mol. The second-order valence-electron chi connectivity index (χ2n) is 22.4. The molecule has 1 N–H and O–H groups in total. The molecule has 0 aromatic rings. The average Bonchev–Trinajstić information content (AvgIpc) is 3.42. The molecule has 2 atom stereocenters. The fourth-order valence-electron chi connectivity index (χ4n) is 8.60. The Kier molecular flexibility index (Phi) is 57.3. The maximum absolute atomic E-state index is 12.8. The number of phosphoric acid groups is 1. The summed E-state index contributed by atoms with van der Waals surface area (Å²) in [6.45, 7) is 4.19. The van der Waals surface area contributed by atoms with Crippen LogP contribution >= 0.6 is 7.82 Å². The number of esters is 2. The Bertz CT molecular complexity index is 1760. The molecule has 0 aliphatic rings. The van der Waals surface area contributed by atoms with E-state index in [0.29, 0.717) is 23.9 Å². The monoisotopic (exact) mass is 1130 g/mol. The van der Waals surface area contributed by atoms with Gasteiger partial charge in [0, 0.05) is 12.8 Å². The van der Waals surface area contributed by atoms with Crippen molar-refractivity contribution in [3.63, 3.8) is 0 Å². The molecule has 0 aliphatic heterocycles. The second kappa shape index (κ2) is 60.0. The molecule has 0 amide bonds. The van der Waals surface area contributed by atoms with Crippen molar-refractivity contribution in [2.24, 2.45) is 0 Å². The van der Waals surface area contributed by atoms with Gasteiger partial charge in [-0.25, -0.2) is 4.57 Å². The van der Waals surface area contributed by atoms with Crippen LogP contribution in [0.15, 0.2) is 122 Å². The summed E-state index contributed by atoms with van der Waals surface area (Å²) in [4.78, 5) is 35.7. The van der Waals surface area contributed by atoms with Gasteiger partial charge in [-0.3, -0.25) is 18.6 Å². The highest BCUT2D eigenvalue weighted by atomic mass is 31.2. The highest BCUT2D eigenvalue weighted by Gasteiger charge is 2.27. The number of rotatable bonds is 58. The van der Waals surface area contributed by atoms with Gasteiger partial charge < -0.3 is 18.9 Å². The molecule has 10 heteroatoms. The van der Waals surface area contributed by atoms with Crippen molar-refractivity contribution in [3.05, 3.63) is 122 Å². The molecule has 0 radical (unpaired) electrons. The third kappa shape index (κ3) is 63.6. The van der Waals surface area contributed by atoms with Crippen LogP contribution < -0.4 is 0 Å². The molecule has 458 valence electrons. The summed E-state index contributed by atoms with van der Waals surface area (Å²) in [6, 6.07) is 0. The van der Waals surface area contributed by atoms with Crippen LogP contribution in [-0.2, 0) is 32.7 Å². The van der Waals surface area contributed by atoms with Crippen LogP contribution in [-0.4, -0.2) is 74.9 Å². The van der Waals surface area contributed by atoms with Crippen molar-refractivity contribution in [2.75, 3.05) is 47.5 Å². The Hall–Kier alpha value is -3.59. The highest BCUT2D eigenvalue weighted by molar-refractivity contribution is 7.47. The first-order valence-electron chi connectivity index (χ1n) is 32.3. The summed E-state index contributed by atoms with van der Waals surface area (Å²) in [5.41, 5.74) is 0. The number of ether oxygens (including phenoxy) is 2. The lowest BCUT2D eigenvalue weighted by atomic mass is 10.0. The molecule has 0 aromatic carbocycles. The second-order valence-corrected chi connectivity index (χ2v) is 23.8. The van der Waals surface area contributed by atoms with E-state index in [1.165, 1.54) is 103 Å². The summed E-state index contributed by atoms with van der Waals surface area (Å²) in [6.07, 6.45) is 85.9. The number of quaternary nitrogens is 1. The number of unbranched alkanes of at least 4 members (excludes halogenated alkanes) is 24. The van der Waals surface area contributed by atoms with E-state index in [1.807, 2.05) is 21.1 Å². The molecule has 0 saturated heterocycles. The van der Waals surface area contributed by atoms with Gasteiger partial charge in [-0.05, 0) is 103 Å². The Morgan fingerprint density at radius 3 is 1.00 bits per heavy atom. The maximum Gasteiger partial charge on any atom is 0.472 e. The van der Waals surface area contributed by atoms with Crippen LogP contribution in [0.3, 0.4) is 0 Å². The molecule has 0 rings (SSSR count). The minimum Gasteiger partial charge on any atom is -0.462 e. The maximum atomic E-state index is 12.8. The van der Waals surface area contributed by atoms with Crippen LogP contribution in [0.1, 0.15) is 258 Å². The third-order valence-electron chi connectivity index (χ3n) is 13.5. The van der Waals surface area contributed by atoms with Crippen molar-refractivity contribution < 1.29 is 42.1 Å². The van der Waals surface area contributed by atoms with Gasteiger partial charge in [0.05, 0.1) is 27.7 Å². The SMILES string of the molecule is CC/C=C\C/C=C\C/C=C\C/C=C\C/C=C\C/C=C\C/C=C\CCCCCCCCCCCCCCCCCCCCCC(=O)OC(COC(=O)CCCCCCC/C=C\C/C=C\C/C=C\CC)COP(=O)(O)OCC[N+](C)(C)C. The number of allylic oxidation sites excluding steroid dienone is 20. The minimum atomic E-state index is -4.39. The van der Waals surface area contributed by atoms with Crippen LogP contribution in [0.5, 0.6) is 0 Å². The molecule has 0 aromatic heterocycles. The van der Waals surface area contributed by atoms with Crippen molar-refractivity contribution >= 4 is 19.8 Å². The van der Waals surface area contributed by atoms with Gasteiger partial charge in [0.15, 0.2) is 6.10 Å². The number of nitrogens with zero attached hydrogens (tertiary/aromatic N) is 1. The zero-order chi connectivity index (χ0) is 58.4. The molecule has 80 heavy (non-hydrogen) atoms. The molecule has 2 unspecified atom stereocenters. The van der Waals surface area contributed by atoms with Gasteiger partial charge in [0.1, 0.15) is 19.8 Å². The number of phosphoric ester groups is 1. The van der Waals surface area contributed by atoms with Crippen LogP contribution in [0.2, 0.25) is 0 Å². The third-order valence-corrected chi connectivity index (χ3v) is 14.5. The summed E-state index contributed by atoms with van der Waals surface area (Å²) in [5.74, 6) is -0.816. The summed E-state index contributed by atoms with van der Waals surface area (Å²) >= 11 is 0. The lowest BCUT2D eigenvalue weighted by molar-refractivity contribution is -0.870.